The molecule has 2 heterocycles. The number of aliphatic imine (C=N–C) groups is 1. The van der Waals surface area contributed by atoms with Gasteiger partial charge in [-0.05, 0) is 71.4 Å². The number of oxazole rings is 1. The fourth-order valence-corrected chi connectivity index (χ4v) is 3.25. The number of hydrogen-bond acceptors (Lipinski definition) is 4. The van der Waals surface area contributed by atoms with E-state index in [2.05, 4.69) is 27.4 Å². The van der Waals surface area contributed by atoms with Crippen LogP contribution < -0.4 is 10.6 Å². The topological polar surface area (TPSA) is 65.7 Å². The number of hydrogen-bond donors (Lipinski definition) is 2. The summed E-state index contributed by atoms with van der Waals surface area (Å²) >= 11 is 0. The second-order valence-electron chi connectivity index (χ2n) is 7.51. The Kier molecular flexibility index (Phi) is 6.34. The summed E-state index contributed by atoms with van der Waals surface area (Å²) in [6, 6.07) is 0. The molecule has 1 aliphatic heterocycles. The first kappa shape index (κ1) is 18.2. The molecule has 1 aromatic heterocycles. The maximum Gasteiger partial charge on any atom is 0.208 e. The summed E-state index contributed by atoms with van der Waals surface area (Å²) in [4.78, 5) is 11.7. The van der Waals surface area contributed by atoms with Crippen LogP contribution in [0.25, 0.3) is 0 Å². The molecule has 140 valence electrons. The van der Waals surface area contributed by atoms with E-state index in [9.17, 15) is 0 Å². The molecule has 6 nitrogen and oxygen atoms in total. The molecule has 2 N–H and O–H groups in total. The number of guanidine groups is 1. The SMILES string of the molecule is CCNC(=NCC1CC1)NCC1CCN(Cc2nc(C)c(C)o2)CC1. The Bertz CT molecular complexity index is 551. The van der Waals surface area contributed by atoms with Crippen LogP contribution in [0, 0.1) is 25.7 Å². The lowest BCUT2D eigenvalue weighted by Crippen LogP contribution is -2.42. The second kappa shape index (κ2) is 8.70. The van der Waals surface area contributed by atoms with Crippen molar-refractivity contribution in [3.05, 3.63) is 17.3 Å². The zero-order valence-corrected chi connectivity index (χ0v) is 16.0. The molecule has 1 saturated heterocycles. The van der Waals surface area contributed by atoms with Gasteiger partial charge in [0.2, 0.25) is 5.89 Å². The van der Waals surface area contributed by atoms with Crippen molar-refractivity contribution >= 4 is 5.96 Å². The zero-order chi connectivity index (χ0) is 17.6. The van der Waals surface area contributed by atoms with Crippen LogP contribution in [0.2, 0.25) is 0 Å². The first-order chi connectivity index (χ1) is 12.1. The Morgan fingerprint density at radius 1 is 1.16 bits per heavy atom. The van der Waals surface area contributed by atoms with Crippen LogP contribution in [0.5, 0.6) is 0 Å². The summed E-state index contributed by atoms with van der Waals surface area (Å²) in [5.74, 6) is 4.33. The maximum atomic E-state index is 5.71. The van der Waals surface area contributed by atoms with E-state index < -0.39 is 0 Å². The van der Waals surface area contributed by atoms with Gasteiger partial charge in [0.15, 0.2) is 5.96 Å². The van der Waals surface area contributed by atoms with Crippen LogP contribution in [-0.4, -0.2) is 48.6 Å². The van der Waals surface area contributed by atoms with Crippen molar-refractivity contribution < 1.29 is 4.42 Å². The molecule has 0 aromatic carbocycles. The summed E-state index contributed by atoms with van der Waals surface area (Å²) in [6.07, 6.45) is 5.14. The van der Waals surface area contributed by atoms with Gasteiger partial charge in [-0.2, -0.15) is 0 Å². The predicted octanol–water partition coefficient (Wildman–Crippen LogP) is 2.47. The Morgan fingerprint density at radius 3 is 2.52 bits per heavy atom. The lowest BCUT2D eigenvalue weighted by molar-refractivity contribution is 0.164. The van der Waals surface area contributed by atoms with Crippen molar-refractivity contribution in [3.63, 3.8) is 0 Å². The Balaban J connectivity index is 1.38. The van der Waals surface area contributed by atoms with Gasteiger partial charge in [-0.3, -0.25) is 9.89 Å². The molecule has 1 saturated carbocycles. The maximum absolute atomic E-state index is 5.71. The fraction of sp³-hybridized carbons (Fsp3) is 0.789. The Labute approximate surface area is 151 Å². The van der Waals surface area contributed by atoms with Crippen molar-refractivity contribution in [2.24, 2.45) is 16.8 Å². The third kappa shape index (κ3) is 5.73. The van der Waals surface area contributed by atoms with Gasteiger partial charge in [0.05, 0.1) is 12.2 Å². The van der Waals surface area contributed by atoms with Crippen molar-refractivity contribution in [1.82, 2.24) is 20.5 Å². The van der Waals surface area contributed by atoms with E-state index in [0.29, 0.717) is 5.92 Å². The molecule has 0 atom stereocenters. The van der Waals surface area contributed by atoms with Crippen LogP contribution in [0.1, 0.15) is 50.0 Å². The fourth-order valence-electron chi connectivity index (χ4n) is 3.25. The summed E-state index contributed by atoms with van der Waals surface area (Å²) in [6.45, 7) is 12.1. The normalized spacial score (nSPS) is 20.0. The minimum Gasteiger partial charge on any atom is -0.444 e. The smallest absolute Gasteiger partial charge is 0.208 e. The van der Waals surface area contributed by atoms with Gasteiger partial charge in [0, 0.05) is 19.6 Å². The van der Waals surface area contributed by atoms with Crippen LogP contribution in [0.3, 0.4) is 0 Å². The molecule has 1 aromatic rings. The van der Waals surface area contributed by atoms with Gasteiger partial charge in [-0.15, -0.1) is 0 Å². The molecule has 1 aliphatic carbocycles. The highest BCUT2D eigenvalue weighted by Crippen LogP contribution is 2.28. The quantitative estimate of drug-likeness (QED) is 0.586. The highest BCUT2D eigenvalue weighted by molar-refractivity contribution is 5.79. The molecule has 25 heavy (non-hydrogen) atoms. The Hall–Kier alpha value is -1.56. The largest absolute Gasteiger partial charge is 0.444 e. The third-order valence-electron chi connectivity index (χ3n) is 5.25. The summed E-state index contributed by atoms with van der Waals surface area (Å²) < 4.78 is 5.71. The molecular weight excluding hydrogens is 314 g/mol. The van der Waals surface area contributed by atoms with E-state index in [1.54, 1.807) is 0 Å². The van der Waals surface area contributed by atoms with Gasteiger partial charge in [0.25, 0.3) is 0 Å². The Morgan fingerprint density at radius 2 is 1.92 bits per heavy atom. The molecular formula is C19H33N5O. The molecule has 0 radical (unpaired) electrons. The second-order valence-corrected chi connectivity index (χ2v) is 7.51. The van der Waals surface area contributed by atoms with Gasteiger partial charge in [-0.25, -0.2) is 4.98 Å². The average molecular weight is 348 g/mol. The van der Waals surface area contributed by atoms with Crippen LogP contribution >= 0.6 is 0 Å². The summed E-state index contributed by atoms with van der Waals surface area (Å²) in [7, 11) is 0. The number of likely N-dealkylation sites (tertiary alicyclic amines) is 1. The standard InChI is InChI=1S/C19H33N5O/c1-4-20-19(21-11-16-5-6-16)22-12-17-7-9-24(10-8-17)13-18-23-14(2)15(3)25-18/h16-17H,4-13H2,1-3H3,(H2,20,21,22). The molecule has 2 fully saturated rings. The van der Waals surface area contributed by atoms with E-state index in [1.807, 2.05) is 13.8 Å². The van der Waals surface area contributed by atoms with E-state index in [4.69, 9.17) is 9.41 Å². The number of aryl methyl sites for hydroxylation is 2. The molecule has 0 amide bonds. The van der Waals surface area contributed by atoms with Crippen LogP contribution in [-0.2, 0) is 6.54 Å². The predicted molar refractivity (Wildman–Crippen MR) is 101 cm³/mol. The first-order valence-corrected chi connectivity index (χ1v) is 9.81. The highest BCUT2D eigenvalue weighted by atomic mass is 16.4. The average Bonchev–Trinajstić information content (AvgIpc) is 3.37. The number of rotatable bonds is 7. The molecule has 6 heteroatoms. The number of aromatic nitrogens is 1. The van der Waals surface area contributed by atoms with E-state index >= 15 is 0 Å². The minimum atomic E-state index is 0.717. The summed E-state index contributed by atoms with van der Waals surface area (Å²) in [5.41, 5.74) is 1.01. The van der Waals surface area contributed by atoms with Crippen LogP contribution in [0.4, 0.5) is 0 Å². The van der Waals surface area contributed by atoms with Gasteiger partial charge < -0.3 is 15.1 Å². The van der Waals surface area contributed by atoms with Crippen LogP contribution in [0.15, 0.2) is 9.41 Å². The number of piperidine rings is 1. The van der Waals surface area contributed by atoms with E-state index in [1.165, 1.54) is 25.7 Å². The van der Waals surface area contributed by atoms with Gasteiger partial charge in [0.1, 0.15) is 5.76 Å². The monoisotopic (exact) mass is 347 g/mol. The molecule has 0 bridgehead atoms. The van der Waals surface area contributed by atoms with Gasteiger partial charge in [-0.1, -0.05) is 0 Å². The molecule has 0 unspecified atom stereocenters. The van der Waals surface area contributed by atoms with Crippen molar-refractivity contribution in [1.29, 1.82) is 0 Å². The lowest BCUT2D eigenvalue weighted by Gasteiger charge is -2.31. The molecule has 3 rings (SSSR count). The van der Waals surface area contributed by atoms with Crippen molar-refractivity contribution in [2.75, 3.05) is 32.7 Å². The highest BCUT2D eigenvalue weighted by Gasteiger charge is 2.22. The van der Waals surface area contributed by atoms with Crippen molar-refractivity contribution in [2.45, 2.75) is 53.0 Å². The molecule has 0 spiro atoms. The van der Waals surface area contributed by atoms with Gasteiger partial charge >= 0.3 is 0 Å². The van der Waals surface area contributed by atoms with E-state index in [0.717, 1.165) is 68.5 Å². The minimum absolute atomic E-state index is 0.717. The zero-order valence-electron chi connectivity index (χ0n) is 16.0. The summed E-state index contributed by atoms with van der Waals surface area (Å²) in [5, 5.41) is 6.90. The van der Waals surface area contributed by atoms with Crippen molar-refractivity contribution in [3.8, 4) is 0 Å². The lowest BCUT2D eigenvalue weighted by atomic mass is 9.97. The number of nitrogens with zero attached hydrogens (tertiary/aromatic N) is 3. The first-order valence-electron chi connectivity index (χ1n) is 9.81. The van der Waals surface area contributed by atoms with E-state index in [-0.39, 0.29) is 0 Å². The molecule has 2 aliphatic rings. The number of nitrogens with one attached hydrogen (secondary N) is 2. The third-order valence-corrected chi connectivity index (χ3v) is 5.25.